The quantitative estimate of drug-likeness (QED) is 0.690. The zero-order valence-corrected chi connectivity index (χ0v) is 9.50. The number of fused-ring (bicyclic) bond motifs is 1. The lowest BCUT2D eigenvalue weighted by Crippen LogP contribution is -1.84. The summed E-state index contributed by atoms with van der Waals surface area (Å²) in [6, 6.07) is 12.0. The smallest absolute Gasteiger partial charge is 0.141 e. The standard InChI is InChI=1S/C13H8ClFN2/c14-9-5-3-7-11-12(9)17-13(16-11)8-4-1-2-6-10(8)15/h1-7H,(H,16,17). The van der Waals surface area contributed by atoms with Crippen LogP contribution in [0.5, 0.6) is 0 Å². The van der Waals surface area contributed by atoms with Crippen molar-refractivity contribution in [2.45, 2.75) is 0 Å². The Kier molecular flexibility index (Phi) is 2.34. The summed E-state index contributed by atoms with van der Waals surface area (Å²) in [6.07, 6.45) is 0. The van der Waals surface area contributed by atoms with Crippen molar-refractivity contribution in [3.63, 3.8) is 0 Å². The van der Waals surface area contributed by atoms with Crippen molar-refractivity contribution in [2.24, 2.45) is 0 Å². The third kappa shape index (κ3) is 1.68. The van der Waals surface area contributed by atoms with Crippen LogP contribution in [-0.2, 0) is 0 Å². The van der Waals surface area contributed by atoms with Gasteiger partial charge in [-0.1, -0.05) is 29.8 Å². The Morgan fingerprint density at radius 2 is 1.88 bits per heavy atom. The lowest BCUT2D eigenvalue weighted by atomic mass is 10.2. The Labute approximate surface area is 102 Å². The second-order valence-corrected chi connectivity index (χ2v) is 4.11. The highest BCUT2D eigenvalue weighted by Gasteiger charge is 2.10. The third-order valence-electron chi connectivity index (χ3n) is 2.59. The van der Waals surface area contributed by atoms with E-state index in [4.69, 9.17) is 11.6 Å². The van der Waals surface area contributed by atoms with Gasteiger partial charge in [-0.15, -0.1) is 0 Å². The number of H-pyrrole nitrogens is 1. The van der Waals surface area contributed by atoms with Gasteiger partial charge in [0.2, 0.25) is 0 Å². The van der Waals surface area contributed by atoms with E-state index < -0.39 is 0 Å². The van der Waals surface area contributed by atoms with Gasteiger partial charge in [0.25, 0.3) is 0 Å². The molecule has 2 aromatic carbocycles. The van der Waals surface area contributed by atoms with E-state index >= 15 is 0 Å². The molecule has 3 rings (SSSR count). The van der Waals surface area contributed by atoms with Crippen molar-refractivity contribution < 1.29 is 4.39 Å². The summed E-state index contributed by atoms with van der Waals surface area (Å²) < 4.78 is 13.6. The zero-order valence-electron chi connectivity index (χ0n) is 8.74. The second kappa shape index (κ2) is 3.86. The molecule has 17 heavy (non-hydrogen) atoms. The predicted octanol–water partition coefficient (Wildman–Crippen LogP) is 4.02. The van der Waals surface area contributed by atoms with E-state index in [1.807, 2.05) is 12.1 Å². The molecular formula is C13H8ClFN2. The van der Waals surface area contributed by atoms with Gasteiger partial charge in [0, 0.05) is 0 Å². The predicted molar refractivity (Wildman–Crippen MR) is 66.5 cm³/mol. The molecule has 1 N–H and O–H groups in total. The van der Waals surface area contributed by atoms with E-state index in [0.29, 0.717) is 21.9 Å². The van der Waals surface area contributed by atoms with Crippen LogP contribution in [0, 0.1) is 5.82 Å². The molecule has 2 nitrogen and oxygen atoms in total. The highest BCUT2D eigenvalue weighted by molar-refractivity contribution is 6.34. The highest BCUT2D eigenvalue weighted by atomic mass is 35.5. The van der Waals surface area contributed by atoms with Gasteiger partial charge in [-0.3, -0.25) is 0 Å². The van der Waals surface area contributed by atoms with E-state index in [1.54, 1.807) is 24.3 Å². The maximum absolute atomic E-state index is 13.6. The van der Waals surface area contributed by atoms with Crippen molar-refractivity contribution in [2.75, 3.05) is 0 Å². The Balaban J connectivity index is 2.26. The number of hydrogen-bond acceptors (Lipinski definition) is 1. The molecule has 0 aliphatic carbocycles. The molecule has 0 spiro atoms. The van der Waals surface area contributed by atoms with Crippen molar-refractivity contribution >= 4 is 22.6 Å². The molecule has 0 radical (unpaired) electrons. The monoisotopic (exact) mass is 246 g/mol. The SMILES string of the molecule is Fc1ccccc1-c1nc2c(Cl)cccc2[nH]1. The van der Waals surface area contributed by atoms with Crippen molar-refractivity contribution in [3.05, 3.63) is 53.3 Å². The van der Waals surface area contributed by atoms with Crippen LogP contribution in [0.25, 0.3) is 22.4 Å². The Bertz CT molecular complexity index is 691. The lowest BCUT2D eigenvalue weighted by molar-refractivity contribution is 0.630. The molecule has 0 bridgehead atoms. The van der Waals surface area contributed by atoms with Gasteiger partial charge < -0.3 is 4.98 Å². The van der Waals surface area contributed by atoms with E-state index in [9.17, 15) is 4.39 Å². The maximum atomic E-state index is 13.6. The number of nitrogens with zero attached hydrogens (tertiary/aromatic N) is 1. The van der Waals surface area contributed by atoms with Crippen LogP contribution >= 0.6 is 11.6 Å². The minimum atomic E-state index is -0.303. The van der Waals surface area contributed by atoms with Gasteiger partial charge in [0.1, 0.15) is 17.2 Å². The molecule has 0 aliphatic rings. The molecule has 0 unspecified atom stereocenters. The first-order valence-electron chi connectivity index (χ1n) is 5.15. The largest absolute Gasteiger partial charge is 0.338 e. The van der Waals surface area contributed by atoms with Crippen LogP contribution in [0.3, 0.4) is 0 Å². The maximum Gasteiger partial charge on any atom is 0.141 e. The first kappa shape index (κ1) is 10.3. The lowest BCUT2D eigenvalue weighted by Gasteiger charge is -1.96. The summed E-state index contributed by atoms with van der Waals surface area (Å²) in [5.41, 5.74) is 1.91. The normalized spacial score (nSPS) is 10.9. The van der Waals surface area contributed by atoms with E-state index in [1.165, 1.54) is 6.07 Å². The van der Waals surface area contributed by atoms with E-state index in [0.717, 1.165) is 5.52 Å². The molecule has 4 heteroatoms. The number of benzene rings is 2. The molecule has 3 aromatic rings. The number of hydrogen-bond donors (Lipinski definition) is 1. The fourth-order valence-corrected chi connectivity index (χ4v) is 1.99. The average Bonchev–Trinajstić information content (AvgIpc) is 2.75. The number of nitrogens with one attached hydrogen (secondary N) is 1. The number of para-hydroxylation sites is 1. The van der Waals surface area contributed by atoms with Crippen LogP contribution in [0.1, 0.15) is 0 Å². The summed E-state index contributed by atoms with van der Waals surface area (Å²) in [6.45, 7) is 0. The minimum absolute atomic E-state index is 0.303. The topological polar surface area (TPSA) is 28.7 Å². The number of aromatic nitrogens is 2. The van der Waals surface area contributed by atoms with Gasteiger partial charge in [-0.05, 0) is 24.3 Å². The van der Waals surface area contributed by atoms with E-state index in [-0.39, 0.29) is 5.82 Å². The molecule has 0 fully saturated rings. The van der Waals surface area contributed by atoms with Crippen molar-refractivity contribution in [1.29, 1.82) is 0 Å². The van der Waals surface area contributed by atoms with Crippen LogP contribution in [-0.4, -0.2) is 9.97 Å². The van der Waals surface area contributed by atoms with Gasteiger partial charge in [0.05, 0.1) is 16.1 Å². The molecule has 1 aromatic heterocycles. The summed E-state index contributed by atoms with van der Waals surface area (Å²) in [5.74, 6) is 0.189. The number of rotatable bonds is 1. The first-order valence-corrected chi connectivity index (χ1v) is 5.52. The molecule has 0 amide bonds. The van der Waals surface area contributed by atoms with Crippen molar-refractivity contribution in [3.8, 4) is 11.4 Å². The molecular weight excluding hydrogens is 239 g/mol. The molecule has 0 aliphatic heterocycles. The fraction of sp³-hybridized carbons (Fsp3) is 0. The molecule has 1 heterocycles. The summed E-state index contributed by atoms with van der Waals surface area (Å²) in [4.78, 5) is 7.37. The molecule has 84 valence electrons. The second-order valence-electron chi connectivity index (χ2n) is 3.70. The van der Waals surface area contributed by atoms with Gasteiger partial charge >= 0.3 is 0 Å². The zero-order chi connectivity index (χ0) is 11.8. The minimum Gasteiger partial charge on any atom is -0.338 e. The Morgan fingerprint density at radius 3 is 2.65 bits per heavy atom. The van der Waals surface area contributed by atoms with Crippen LogP contribution in [0.15, 0.2) is 42.5 Å². The highest BCUT2D eigenvalue weighted by Crippen LogP contribution is 2.26. The van der Waals surface area contributed by atoms with Gasteiger partial charge in [-0.25, -0.2) is 9.37 Å². The first-order chi connectivity index (χ1) is 8.25. The van der Waals surface area contributed by atoms with Crippen LogP contribution in [0.2, 0.25) is 5.02 Å². The third-order valence-corrected chi connectivity index (χ3v) is 2.90. The number of halogens is 2. The van der Waals surface area contributed by atoms with E-state index in [2.05, 4.69) is 9.97 Å². The molecule has 0 atom stereocenters. The fourth-order valence-electron chi connectivity index (χ4n) is 1.78. The van der Waals surface area contributed by atoms with Crippen LogP contribution in [0.4, 0.5) is 4.39 Å². The Hall–Kier alpha value is -1.87. The average molecular weight is 247 g/mol. The Morgan fingerprint density at radius 1 is 1.06 bits per heavy atom. The molecule has 0 saturated carbocycles. The van der Waals surface area contributed by atoms with Crippen molar-refractivity contribution in [1.82, 2.24) is 9.97 Å². The summed E-state index contributed by atoms with van der Waals surface area (Å²) in [5, 5.41) is 0.557. The number of imidazole rings is 1. The van der Waals surface area contributed by atoms with Crippen LogP contribution < -0.4 is 0 Å². The number of aromatic amines is 1. The van der Waals surface area contributed by atoms with Gasteiger partial charge in [-0.2, -0.15) is 0 Å². The van der Waals surface area contributed by atoms with Gasteiger partial charge in [0.15, 0.2) is 0 Å². The molecule has 0 saturated heterocycles. The summed E-state index contributed by atoms with van der Waals surface area (Å²) >= 11 is 6.02. The summed E-state index contributed by atoms with van der Waals surface area (Å²) in [7, 11) is 0.